The van der Waals surface area contributed by atoms with Crippen LogP contribution in [-0.2, 0) is 7.05 Å². The summed E-state index contributed by atoms with van der Waals surface area (Å²) in [5.41, 5.74) is 1.79. The Kier molecular flexibility index (Phi) is 5.00. The van der Waals surface area contributed by atoms with E-state index >= 15 is 0 Å². The van der Waals surface area contributed by atoms with Crippen LogP contribution in [0.2, 0.25) is 5.02 Å². The molecule has 0 bridgehead atoms. The minimum atomic E-state index is -0.391. The number of halogens is 1. The molecule has 140 valence electrons. The van der Waals surface area contributed by atoms with Crippen molar-refractivity contribution in [2.45, 2.75) is 6.04 Å². The number of rotatable bonds is 5. The lowest BCUT2D eigenvalue weighted by Gasteiger charge is -2.18. The van der Waals surface area contributed by atoms with Gasteiger partial charge in [0.05, 0.1) is 0 Å². The standard InChI is InChI=1S/C22H18ClN3O2/c1-26-14-13-24-21(26)20(16-5-3-2-4-6-16)25-22(27)19-12-11-18(28-19)15-7-9-17(23)10-8-15/h2-14,20H,1H3,(H,25,27)/t20-/m1/s1. The maximum Gasteiger partial charge on any atom is 0.287 e. The number of amides is 1. The van der Waals surface area contributed by atoms with Crippen LogP contribution in [0.3, 0.4) is 0 Å². The van der Waals surface area contributed by atoms with E-state index in [0.717, 1.165) is 17.0 Å². The van der Waals surface area contributed by atoms with E-state index in [1.807, 2.05) is 60.3 Å². The molecule has 5 nitrogen and oxygen atoms in total. The molecule has 4 aromatic rings. The third-order valence-corrected chi connectivity index (χ3v) is 4.74. The Bertz CT molecular complexity index is 1080. The van der Waals surface area contributed by atoms with Gasteiger partial charge in [-0.25, -0.2) is 4.98 Å². The molecular weight excluding hydrogens is 374 g/mol. The number of imidazole rings is 1. The minimum Gasteiger partial charge on any atom is -0.451 e. The van der Waals surface area contributed by atoms with Crippen LogP contribution in [0.5, 0.6) is 0 Å². The summed E-state index contributed by atoms with van der Waals surface area (Å²) in [7, 11) is 1.90. The van der Waals surface area contributed by atoms with E-state index in [0.29, 0.717) is 10.8 Å². The second-order valence-electron chi connectivity index (χ2n) is 6.38. The third kappa shape index (κ3) is 3.70. The highest BCUT2D eigenvalue weighted by molar-refractivity contribution is 6.30. The van der Waals surface area contributed by atoms with Gasteiger partial charge in [-0.1, -0.05) is 41.9 Å². The summed E-state index contributed by atoms with van der Waals surface area (Å²) in [4.78, 5) is 17.3. The van der Waals surface area contributed by atoms with Gasteiger partial charge in [-0.05, 0) is 42.0 Å². The monoisotopic (exact) mass is 391 g/mol. The Labute approximate surface area is 167 Å². The van der Waals surface area contributed by atoms with Crippen molar-refractivity contribution in [2.75, 3.05) is 0 Å². The van der Waals surface area contributed by atoms with Crippen molar-refractivity contribution >= 4 is 17.5 Å². The summed E-state index contributed by atoms with van der Waals surface area (Å²) in [6.07, 6.45) is 3.56. The molecule has 0 radical (unpaired) electrons. The second-order valence-corrected chi connectivity index (χ2v) is 6.82. The molecule has 6 heteroatoms. The highest BCUT2D eigenvalue weighted by Crippen LogP contribution is 2.25. The van der Waals surface area contributed by atoms with Crippen molar-refractivity contribution in [1.82, 2.24) is 14.9 Å². The number of aryl methyl sites for hydroxylation is 1. The number of hydrogen-bond donors (Lipinski definition) is 1. The number of hydrogen-bond acceptors (Lipinski definition) is 3. The summed E-state index contributed by atoms with van der Waals surface area (Å²) >= 11 is 5.93. The van der Waals surface area contributed by atoms with Gasteiger partial charge < -0.3 is 14.3 Å². The molecule has 4 rings (SSSR count). The van der Waals surface area contributed by atoms with Crippen molar-refractivity contribution < 1.29 is 9.21 Å². The summed E-state index contributed by atoms with van der Waals surface area (Å²) in [6, 6.07) is 20.0. The third-order valence-electron chi connectivity index (χ3n) is 4.48. The van der Waals surface area contributed by atoms with E-state index in [4.69, 9.17) is 16.0 Å². The van der Waals surface area contributed by atoms with E-state index in [1.54, 1.807) is 30.5 Å². The van der Waals surface area contributed by atoms with Gasteiger partial charge in [0.2, 0.25) is 0 Å². The van der Waals surface area contributed by atoms with E-state index in [1.165, 1.54) is 0 Å². The Morgan fingerprint density at radius 3 is 2.50 bits per heavy atom. The number of nitrogens with one attached hydrogen (secondary N) is 1. The maximum absolute atomic E-state index is 12.9. The zero-order valence-corrected chi connectivity index (χ0v) is 15.9. The number of nitrogens with zero attached hydrogens (tertiary/aromatic N) is 2. The van der Waals surface area contributed by atoms with Crippen molar-refractivity contribution in [2.24, 2.45) is 7.05 Å². The molecule has 0 unspecified atom stereocenters. The SMILES string of the molecule is Cn1ccnc1[C@H](NC(=O)c1ccc(-c2ccc(Cl)cc2)o1)c1ccccc1. The molecular formula is C22H18ClN3O2. The van der Waals surface area contributed by atoms with Gasteiger partial charge in [0.15, 0.2) is 5.76 Å². The van der Waals surface area contributed by atoms with Gasteiger partial charge in [0.1, 0.15) is 17.6 Å². The molecule has 0 aliphatic carbocycles. The first-order valence-electron chi connectivity index (χ1n) is 8.80. The minimum absolute atomic E-state index is 0.236. The smallest absolute Gasteiger partial charge is 0.287 e. The molecule has 2 heterocycles. The molecule has 0 spiro atoms. The predicted octanol–water partition coefficient (Wildman–Crippen LogP) is 4.85. The summed E-state index contributed by atoms with van der Waals surface area (Å²) in [5, 5.41) is 3.68. The molecule has 1 amide bonds. The van der Waals surface area contributed by atoms with Crippen LogP contribution < -0.4 is 5.32 Å². The van der Waals surface area contributed by atoms with Gasteiger partial charge in [0.25, 0.3) is 5.91 Å². The fraction of sp³-hybridized carbons (Fsp3) is 0.0909. The lowest BCUT2D eigenvalue weighted by Crippen LogP contribution is -2.30. The highest BCUT2D eigenvalue weighted by atomic mass is 35.5. The molecule has 2 aromatic carbocycles. The van der Waals surface area contributed by atoms with Gasteiger partial charge in [-0.2, -0.15) is 0 Å². The molecule has 1 atom stereocenters. The van der Waals surface area contributed by atoms with E-state index < -0.39 is 6.04 Å². The zero-order chi connectivity index (χ0) is 19.5. The summed E-state index contributed by atoms with van der Waals surface area (Å²) in [6.45, 7) is 0. The Morgan fingerprint density at radius 2 is 1.82 bits per heavy atom. The zero-order valence-electron chi connectivity index (χ0n) is 15.2. The van der Waals surface area contributed by atoms with Crippen LogP contribution >= 0.6 is 11.6 Å². The molecule has 0 aliphatic heterocycles. The molecule has 0 saturated heterocycles. The average Bonchev–Trinajstić information content (AvgIpc) is 3.37. The van der Waals surface area contributed by atoms with Crippen LogP contribution in [-0.4, -0.2) is 15.5 Å². The van der Waals surface area contributed by atoms with E-state index in [2.05, 4.69) is 10.3 Å². The predicted molar refractivity (Wildman–Crippen MR) is 108 cm³/mol. The first kappa shape index (κ1) is 18.1. The fourth-order valence-corrected chi connectivity index (χ4v) is 3.16. The highest BCUT2D eigenvalue weighted by Gasteiger charge is 2.23. The molecule has 0 fully saturated rings. The summed E-state index contributed by atoms with van der Waals surface area (Å²) < 4.78 is 7.66. The second kappa shape index (κ2) is 7.74. The van der Waals surface area contributed by atoms with Gasteiger partial charge >= 0.3 is 0 Å². The van der Waals surface area contributed by atoms with Crippen LogP contribution in [0.15, 0.2) is 83.5 Å². The topological polar surface area (TPSA) is 60.1 Å². The quantitative estimate of drug-likeness (QED) is 0.529. The van der Waals surface area contributed by atoms with Crippen molar-refractivity contribution in [3.05, 3.63) is 101 Å². The number of benzene rings is 2. The van der Waals surface area contributed by atoms with Gasteiger partial charge in [-0.3, -0.25) is 4.79 Å². The van der Waals surface area contributed by atoms with Crippen molar-refractivity contribution in [1.29, 1.82) is 0 Å². The van der Waals surface area contributed by atoms with Crippen LogP contribution in [0.4, 0.5) is 0 Å². The van der Waals surface area contributed by atoms with Gasteiger partial charge in [-0.15, -0.1) is 0 Å². The first-order valence-corrected chi connectivity index (χ1v) is 9.18. The Hall–Kier alpha value is -3.31. The Morgan fingerprint density at radius 1 is 1.07 bits per heavy atom. The molecule has 2 aromatic heterocycles. The lowest BCUT2D eigenvalue weighted by molar-refractivity contribution is 0.0914. The molecule has 0 aliphatic rings. The average molecular weight is 392 g/mol. The first-order chi connectivity index (χ1) is 13.6. The number of carbonyl (C=O) groups excluding carboxylic acids is 1. The maximum atomic E-state index is 12.9. The van der Waals surface area contributed by atoms with Crippen LogP contribution in [0, 0.1) is 0 Å². The van der Waals surface area contributed by atoms with Gasteiger partial charge in [0, 0.05) is 30.0 Å². The molecule has 28 heavy (non-hydrogen) atoms. The summed E-state index contributed by atoms with van der Waals surface area (Å²) in [5.74, 6) is 1.27. The van der Waals surface area contributed by atoms with E-state index in [-0.39, 0.29) is 11.7 Å². The molecule has 1 N–H and O–H groups in total. The fourth-order valence-electron chi connectivity index (χ4n) is 3.03. The van der Waals surface area contributed by atoms with Crippen LogP contribution in [0.1, 0.15) is 28.0 Å². The van der Waals surface area contributed by atoms with Crippen molar-refractivity contribution in [3.63, 3.8) is 0 Å². The largest absolute Gasteiger partial charge is 0.451 e. The number of furan rings is 1. The van der Waals surface area contributed by atoms with Crippen molar-refractivity contribution in [3.8, 4) is 11.3 Å². The Balaban J connectivity index is 1.60. The van der Waals surface area contributed by atoms with E-state index in [9.17, 15) is 4.79 Å². The lowest BCUT2D eigenvalue weighted by atomic mass is 10.1. The molecule has 0 saturated carbocycles. The van der Waals surface area contributed by atoms with Crippen LogP contribution in [0.25, 0.3) is 11.3 Å². The normalized spacial score (nSPS) is 11.9. The number of aromatic nitrogens is 2. The number of carbonyl (C=O) groups is 1.